The maximum atomic E-state index is 9.72. The van der Waals surface area contributed by atoms with E-state index in [0.29, 0.717) is 0 Å². The maximum absolute atomic E-state index is 9.72. The number of rotatable bonds is 2. The molecule has 4 heteroatoms. The normalized spacial score (nSPS) is 20.7. The fourth-order valence-corrected chi connectivity index (χ4v) is 2.04. The van der Waals surface area contributed by atoms with Crippen molar-refractivity contribution < 1.29 is 5.11 Å². The number of β-amino-alcohol motifs (C(OH)–C–C–N with tert-alkyl or cyclic N) is 1. The molecule has 0 aromatic carbocycles. The van der Waals surface area contributed by atoms with E-state index in [1.54, 1.807) is 17.5 Å². The van der Waals surface area contributed by atoms with Crippen molar-refractivity contribution in [3.8, 4) is 0 Å². The minimum Gasteiger partial charge on any atom is -0.386 e. The highest BCUT2D eigenvalue weighted by atomic mass is 32.1. The molecule has 12 heavy (non-hydrogen) atoms. The van der Waals surface area contributed by atoms with Gasteiger partial charge in [0.05, 0.1) is 18.7 Å². The van der Waals surface area contributed by atoms with E-state index in [0.717, 1.165) is 24.6 Å². The van der Waals surface area contributed by atoms with E-state index < -0.39 is 5.60 Å². The second kappa shape index (κ2) is 2.71. The van der Waals surface area contributed by atoms with E-state index in [1.165, 1.54) is 0 Å². The Balaban J connectivity index is 1.98. The van der Waals surface area contributed by atoms with Gasteiger partial charge >= 0.3 is 0 Å². The van der Waals surface area contributed by atoms with Gasteiger partial charge in [0, 0.05) is 11.6 Å². The molecule has 1 aromatic rings. The largest absolute Gasteiger partial charge is 0.386 e. The van der Waals surface area contributed by atoms with Gasteiger partial charge < -0.3 is 10.0 Å². The second-order valence-corrected chi connectivity index (χ2v) is 4.12. The number of thiazole rings is 1. The molecule has 0 spiro atoms. The second-order valence-electron chi connectivity index (χ2n) is 3.25. The molecular weight excluding hydrogens is 172 g/mol. The van der Waals surface area contributed by atoms with Crippen LogP contribution in [-0.4, -0.2) is 28.8 Å². The summed E-state index contributed by atoms with van der Waals surface area (Å²) in [6, 6.07) is 0. The van der Waals surface area contributed by atoms with Crippen LogP contribution in [0.1, 0.15) is 13.3 Å². The van der Waals surface area contributed by atoms with Gasteiger partial charge in [-0.25, -0.2) is 4.98 Å². The summed E-state index contributed by atoms with van der Waals surface area (Å²) in [6.45, 7) is 3.48. The van der Waals surface area contributed by atoms with Crippen LogP contribution in [0.5, 0.6) is 0 Å². The first kappa shape index (κ1) is 8.01. The summed E-state index contributed by atoms with van der Waals surface area (Å²) < 4.78 is 0. The predicted molar refractivity (Wildman–Crippen MR) is 49.6 cm³/mol. The first-order valence-electron chi connectivity index (χ1n) is 4.10. The average Bonchev–Trinajstić information content (AvgIpc) is 2.50. The topological polar surface area (TPSA) is 36.4 Å². The zero-order valence-electron chi connectivity index (χ0n) is 7.03. The molecule has 0 amide bonds. The van der Waals surface area contributed by atoms with Gasteiger partial charge in [0.2, 0.25) is 0 Å². The summed E-state index contributed by atoms with van der Waals surface area (Å²) >= 11 is 1.62. The molecule has 66 valence electrons. The standard InChI is InChI=1S/C8H12N2OS/c1-2-8(11)5-10(6-8)7-9-3-4-12-7/h3-4,11H,2,5-6H2,1H3. The first-order valence-corrected chi connectivity index (χ1v) is 4.98. The lowest BCUT2D eigenvalue weighted by atomic mass is 9.92. The number of anilines is 1. The Morgan fingerprint density at radius 1 is 1.75 bits per heavy atom. The first-order chi connectivity index (χ1) is 5.73. The van der Waals surface area contributed by atoms with Gasteiger partial charge in [-0.15, -0.1) is 11.3 Å². The molecule has 3 nitrogen and oxygen atoms in total. The Hall–Kier alpha value is -0.610. The van der Waals surface area contributed by atoms with Crippen LogP contribution in [0.25, 0.3) is 0 Å². The van der Waals surface area contributed by atoms with Crippen LogP contribution in [0.2, 0.25) is 0 Å². The lowest BCUT2D eigenvalue weighted by Crippen LogP contribution is -2.61. The third kappa shape index (κ3) is 1.21. The number of hydrogen-bond acceptors (Lipinski definition) is 4. The van der Waals surface area contributed by atoms with E-state index in [9.17, 15) is 5.11 Å². The van der Waals surface area contributed by atoms with E-state index in [1.807, 2.05) is 12.3 Å². The summed E-state index contributed by atoms with van der Waals surface area (Å²) in [4.78, 5) is 6.28. The molecule has 1 aliphatic rings. The van der Waals surface area contributed by atoms with Crippen molar-refractivity contribution in [2.45, 2.75) is 18.9 Å². The lowest BCUT2D eigenvalue weighted by Gasteiger charge is -2.45. The third-order valence-electron chi connectivity index (χ3n) is 2.32. The van der Waals surface area contributed by atoms with Crippen molar-refractivity contribution in [2.24, 2.45) is 0 Å². The summed E-state index contributed by atoms with van der Waals surface area (Å²) in [5, 5.41) is 12.7. The summed E-state index contributed by atoms with van der Waals surface area (Å²) in [5.41, 5.74) is -0.453. The van der Waals surface area contributed by atoms with E-state index in [4.69, 9.17) is 0 Å². The van der Waals surface area contributed by atoms with Crippen LogP contribution < -0.4 is 4.90 Å². The SMILES string of the molecule is CCC1(O)CN(c2nccs2)C1. The van der Waals surface area contributed by atoms with Crippen molar-refractivity contribution in [1.29, 1.82) is 0 Å². The minimum atomic E-state index is -0.453. The van der Waals surface area contributed by atoms with Crippen LogP contribution in [-0.2, 0) is 0 Å². The number of aromatic nitrogens is 1. The molecule has 1 aliphatic heterocycles. The Kier molecular flexibility index (Phi) is 1.81. The molecule has 0 bridgehead atoms. The molecule has 1 fully saturated rings. The lowest BCUT2D eigenvalue weighted by molar-refractivity contribution is 0.00851. The van der Waals surface area contributed by atoms with Gasteiger partial charge in [0.15, 0.2) is 5.13 Å². The maximum Gasteiger partial charge on any atom is 0.185 e. The number of nitrogens with zero attached hydrogens (tertiary/aromatic N) is 2. The molecule has 1 N–H and O–H groups in total. The molecule has 0 saturated carbocycles. The molecule has 1 saturated heterocycles. The predicted octanol–water partition coefficient (Wildman–Crippen LogP) is 1.10. The summed E-state index contributed by atoms with van der Waals surface area (Å²) in [5.74, 6) is 0. The third-order valence-corrected chi connectivity index (χ3v) is 3.15. The van der Waals surface area contributed by atoms with Crippen LogP contribution >= 0.6 is 11.3 Å². The van der Waals surface area contributed by atoms with Crippen LogP contribution in [0.15, 0.2) is 11.6 Å². The molecule has 1 aromatic heterocycles. The van der Waals surface area contributed by atoms with Crippen LogP contribution in [0.3, 0.4) is 0 Å². The van der Waals surface area contributed by atoms with Gasteiger partial charge in [0.1, 0.15) is 0 Å². The van der Waals surface area contributed by atoms with Crippen molar-refractivity contribution >= 4 is 16.5 Å². The molecule has 0 radical (unpaired) electrons. The van der Waals surface area contributed by atoms with Gasteiger partial charge in [-0.3, -0.25) is 0 Å². The number of aliphatic hydroxyl groups is 1. The zero-order valence-corrected chi connectivity index (χ0v) is 7.84. The van der Waals surface area contributed by atoms with Gasteiger partial charge in [-0.05, 0) is 6.42 Å². The fourth-order valence-electron chi connectivity index (χ4n) is 1.40. The van der Waals surface area contributed by atoms with Crippen molar-refractivity contribution in [3.63, 3.8) is 0 Å². The van der Waals surface area contributed by atoms with Gasteiger partial charge in [0.25, 0.3) is 0 Å². The van der Waals surface area contributed by atoms with Crippen LogP contribution in [0.4, 0.5) is 5.13 Å². The summed E-state index contributed by atoms with van der Waals surface area (Å²) in [7, 11) is 0. The Labute approximate surface area is 75.7 Å². The van der Waals surface area contributed by atoms with Gasteiger partial charge in [-0.1, -0.05) is 6.92 Å². The van der Waals surface area contributed by atoms with Gasteiger partial charge in [-0.2, -0.15) is 0 Å². The summed E-state index contributed by atoms with van der Waals surface area (Å²) in [6.07, 6.45) is 2.62. The van der Waals surface area contributed by atoms with Crippen LogP contribution in [0, 0.1) is 0 Å². The van der Waals surface area contributed by atoms with E-state index >= 15 is 0 Å². The Morgan fingerprint density at radius 3 is 3.00 bits per heavy atom. The highest BCUT2D eigenvalue weighted by molar-refractivity contribution is 7.13. The Morgan fingerprint density at radius 2 is 2.50 bits per heavy atom. The molecular formula is C8H12N2OS. The molecule has 2 rings (SSSR count). The van der Waals surface area contributed by atoms with Crippen molar-refractivity contribution in [3.05, 3.63) is 11.6 Å². The highest BCUT2D eigenvalue weighted by Gasteiger charge is 2.40. The molecule has 0 unspecified atom stereocenters. The molecule has 0 atom stereocenters. The highest BCUT2D eigenvalue weighted by Crippen LogP contribution is 2.30. The smallest absolute Gasteiger partial charge is 0.185 e. The number of hydrogen-bond donors (Lipinski definition) is 1. The monoisotopic (exact) mass is 184 g/mol. The molecule has 2 heterocycles. The Bertz CT molecular complexity index is 254. The average molecular weight is 184 g/mol. The quantitative estimate of drug-likeness (QED) is 0.748. The minimum absolute atomic E-state index is 0.453. The van der Waals surface area contributed by atoms with Crippen molar-refractivity contribution in [2.75, 3.05) is 18.0 Å². The van der Waals surface area contributed by atoms with E-state index in [-0.39, 0.29) is 0 Å². The zero-order chi connectivity index (χ0) is 8.60. The van der Waals surface area contributed by atoms with Crippen molar-refractivity contribution in [1.82, 2.24) is 4.98 Å². The van der Waals surface area contributed by atoms with E-state index in [2.05, 4.69) is 9.88 Å². The molecule has 0 aliphatic carbocycles. The fraction of sp³-hybridized carbons (Fsp3) is 0.625.